The largest absolute Gasteiger partial charge is 0.383 e. The number of aliphatic imine (C=N–C) groups is 1. The van der Waals surface area contributed by atoms with E-state index in [9.17, 15) is 9.18 Å². The molecule has 1 aliphatic rings. The number of carbonyl (C=O) groups excluding carboxylic acids is 1. The van der Waals surface area contributed by atoms with Crippen molar-refractivity contribution in [2.45, 2.75) is 6.92 Å². The molecule has 2 rings (SSSR count). The number of guanidine groups is 1. The Bertz CT molecular complexity index is 603. The topological polar surface area (TPSA) is 69.2 Å². The summed E-state index contributed by atoms with van der Waals surface area (Å²) in [6, 6.07) is 6.82. The van der Waals surface area contributed by atoms with Crippen molar-refractivity contribution in [2.75, 3.05) is 64.4 Å². The van der Waals surface area contributed by atoms with E-state index in [0.29, 0.717) is 51.0 Å². The molecule has 1 saturated heterocycles. The van der Waals surface area contributed by atoms with Gasteiger partial charge in [0, 0.05) is 46.4 Å². The lowest BCUT2D eigenvalue weighted by Gasteiger charge is -2.37. The molecule has 144 valence electrons. The number of nitrogens with one attached hydrogen (secondary N) is 2. The van der Waals surface area contributed by atoms with Crippen LogP contribution >= 0.6 is 0 Å². The normalized spacial score (nSPS) is 15.1. The molecule has 0 unspecified atom stereocenters. The van der Waals surface area contributed by atoms with Crippen molar-refractivity contribution in [3.63, 3.8) is 0 Å². The third kappa shape index (κ3) is 5.87. The Morgan fingerprint density at radius 3 is 2.62 bits per heavy atom. The highest BCUT2D eigenvalue weighted by atomic mass is 19.1. The molecule has 1 aliphatic heterocycles. The van der Waals surface area contributed by atoms with E-state index in [-0.39, 0.29) is 18.3 Å². The zero-order valence-corrected chi connectivity index (χ0v) is 15.5. The van der Waals surface area contributed by atoms with Crippen molar-refractivity contribution in [1.29, 1.82) is 0 Å². The fraction of sp³-hybridized carbons (Fsp3) is 0.556. The van der Waals surface area contributed by atoms with E-state index in [0.717, 1.165) is 6.54 Å². The molecule has 0 radical (unpaired) electrons. The standard InChI is InChI=1S/C18H28FN5O2/c1-3-20-18(22-14-17(25)21-8-13-26-2)24-11-9-23(10-12-24)16-7-5-4-6-15(16)19/h4-7H,3,8-14H2,1-2H3,(H,20,22)(H,21,25). The van der Waals surface area contributed by atoms with Gasteiger partial charge >= 0.3 is 0 Å². The number of nitrogens with zero attached hydrogens (tertiary/aromatic N) is 3. The second-order valence-corrected chi connectivity index (χ2v) is 5.94. The average Bonchev–Trinajstić information content (AvgIpc) is 2.66. The number of anilines is 1. The lowest BCUT2D eigenvalue weighted by atomic mass is 10.2. The minimum atomic E-state index is -0.200. The number of rotatable bonds is 7. The molecule has 0 aliphatic carbocycles. The predicted molar refractivity (Wildman–Crippen MR) is 101 cm³/mol. The molecule has 1 heterocycles. The van der Waals surface area contributed by atoms with Crippen LogP contribution in [0.1, 0.15) is 6.92 Å². The number of carbonyl (C=O) groups is 1. The summed E-state index contributed by atoms with van der Waals surface area (Å²) in [4.78, 5) is 20.4. The van der Waals surface area contributed by atoms with Crippen LogP contribution in [0.2, 0.25) is 0 Å². The van der Waals surface area contributed by atoms with Crippen LogP contribution in [0.25, 0.3) is 0 Å². The number of para-hydroxylation sites is 1. The highest BCUT2D eigenvalue weighted by Gasteiger charge is 2.21. The van der Waals surface area contributed by atoms with E-state index < -0.39 is 0 Å². The van der Waals surface area contributed by atoms with Crippen LogP contribution in [0.15, 0.2) is 29.3 Å². The molecule has 1 aromatic carbocycles. The number of amides is 1. The molecule has 0 saturated carbocycles. The Hall–Kier alpha value is -2.35. The zero-order valence-electron chi connectivity index (χ0n) is 15.5. The maximum Gasteiger partial charge on any atom is 0.241 e. The molecule has 2 N–H and O–H groups in total. The van der Waals surface area contributed by atoms with Crippen molar-refractivity contribution in [1.82, 2.24) is 15.5 Å². The quantitative estimate of drug-likeness (QED) is 0.422. The minimum absolute atomic E-state index is 0.0690. The second kappa shape index (κ2) is 10.6. The number of methoxy groups -OCH3 is 1. The lowest BCUT2D eigenvalue weighted by molar-refractivity contribution is -0.119. The monoisotopic (exact) mass is 365 g/mol. The predicted octanol–water partition coefficient (Wildman–Crippen LogP) is 0.676. The fourth-order valence-electron chi connectivity index (χ4n) is 2.79. The van der Waals surface area contributed by atoms with Gasteiger partial charge in [0.15, 0.2) is 5.96 Å². The highest BCUT2D eigenvalue weighted by molar-refractivity contribution is 5.85. The lowest BCUT2D eigenvalue weighted by Crippen LogP contribution is -2.53. The van der Waals surface area contributed by atoms with Gasteiger partial charge in [-0.15, -0.1) is 0 Å². The number of benzene rings is 1. The molecular weight excluding hydrogens is 337 g/mol. The van der Waals surface area contributed by atoms with E-state index in [1.807, 2.05) is 17.9 Å². The number of piperazine rings is 1. The molecule has 0 spiro atoms. The number of ether oxygens (including phenoxy) is 1. The van der Waals surface area contributed by atoms with Crippen LogP contribution in [0.4, 0.5) is 10.1 Å². The molecule has 7 nitrogen and oxygen atoms in total. The Balaban J connectivity index is 1.90. The van der Waals surface area contributed by atoms with Gasteiger partial charge in [0.2, 0.25) is 5.91 Å². The van der Waals surface area contributed by atoms with Gasteiger partial charge in [-0.25, -0.2) is 9.38 Å². The summed E-state index contributed by atoms with van der Waals surface area (Å²) in [5.74, 6) is 0.374. The Labute approximate surface area is 154 Å². The number of hydrogen-bond acceptors (Lipinski definition) is 4. The summed E-state index contributed by atoms with van der Waals surface area (Å²) in [5.41, 5.74) is 0.631. The van der Waals surface area contributed by atoms with Crippen LogP contribution in [-0.4, -0.2) is 76.3 Å². The van der Waals surface area contributed by atoms with E-state index in [1.165, 1.54) is 6.07 Å². The molecule has 1 fully saturated rings. The summed E-state index contributed by atoms with van der Waals surface area (Å²) < 4.78 is 18.8. The summed E-state index contributed by atoms with van der Waals surface area (Å²) >= 11 is 0. The van der Waals surface area contributed by atoms with Crippen LogP contribution in [0.3, 0.4) is 0 Å². The fourth-order valence-corrected chi connectivity index (χ4v) is 2.79. The minimum Gasteiger partial charge on any atom is -0.383 e. The Kier molecular flexibility index (Phi) is 8.14. The first-order chi connectivity index (χ1) is 12.7. The van der Waals surface area contributed by atoms with Crippen LogP contribution in [0.5, 0.6) is 0 Å². The molecule has 0 bridgehead atoms. The summed E-state index contributed by atoms with van der Waals surface area (Å²) in [6.45, 7) is 6.56. The van der Waals surface area contributed by atoms with Crippen molar-refractivity contribution in [3.05, 3.63) is 30.1 Å². The van der Waals surface area contributed by atoms with Gasteiger partial charge in [-0.2, -0.15) is 0 Å². The molecule has 1 amide bonds. The van der Waals surface area contributed by atoms with Crippen LogP contribution in [-0.2, 0) is 9.53 Å². The van der Waals surface area contributed by atoms with Crippen molar-refractivity contribution in [2.24, 2.45) is 4.99 Å². The molecule has 1 aromatic rings. The summed E-state index contributed by atoms with van der Waals surface area (Å²) in [5, 5.41) is 5.97. The average molecular weight is 365 g/mol. The van der Waals surface area contributed by atoms with Crippen LogP contribution in [0, 0.1) is 5.82 Å². The van der Waals surface area contributed by atoms with Gasteiger partial charge in [-0.05, 0) is 19.1 Å². The smallest absolute Gasteiger partial charge is 0.241 e. The van der Waals surface area contributed by atoms with Gasteiger partial charge in [0.25, 0.3) is 0 Å². The van der Waals surface area contributed by atoms with Gasteiger partial charge in [0.05, 0.1) is 12.3 Å². The highest BCUT2D eigenvalue weighted by Crippen LogP contribution is 2.20. The number of hydrogen-bond donors (Lipinski definition) is 2. The molecule has 0 aromatic heterocycles. The first-order valence-electron chi connectivity index (χ1n) is 8.94. The van der Waals surface area contributed by atoms with Crippen molar-refractivity contribution >= 4 is 17.6 Å². The van der Waals surface area contributed by atoms with E-state index >= 15 is 0 Å². The van der Waals surface area contributed by atoms with Gasteiger partial charge < -0.3 is 25.2 Å². The van der Waals surface area contributed by atoms with Crippen molar-refractivity contribution in [3.8, 4) is 0 Å². The van der Waals surface area contributed by atoms with Gasteiger partial charge in [-0.3, -0.25) is 4.79 Å². The molecule has 0 atom stereocenters. The number of halogens is 1. The van der Waals surface area contributed by atoms with E-state index in [4.69, 9.17) is 4.74 Å². The maximum absolute atomic E-state index is 13.9. The second-order valence-electron chi connectivity index (χ2n) is 5.94. The molecular formula is C18H28FN5O2. The first kappa shape index (κ1) is 20.0. The van der Waals surface area contributed by atoms with Crippen molar-refractivity contribution < 1.29 is 13.9 Å². The SMILES string of the molecule is CCNC(=NCC(=O)NCCOC)N1CCN(c2ccccc2F)CC1. The summed E-state index contributed by atoms with van der Waals surface area (Å²) in [7, 11) is 1.59. The molecule has 8 heteroatoms. The third-order valence-electron chi connectivity index (χ3n) is 4.11. The summed E-state index contributed by atoms with van der Waals surface area (Å²) in [6.07, 6.45) is 0. The van der Waals surface area contributed by atoms with E-state index in [2.05, 4.69) is 20.5 Å². The maximum atomic E-state index is 13.9. The third-order valence-corrected chi connectivity index (χ3v) is 4.11. The van der Waals surface area contributed by atoms with Crippen LogP contribution < -0.4 is 15.5 Å². The van der Waals surface area contributed by atoms with Gasteiger partial charge in [-0.1, -0.05) is 12.1 Å². The zero-order chi connectivity index (χ0) is 18.8. The Morgan fingerprint density at radius 2 is 1.96 bits per heavy atom. The first-order valence-corrected chi connectivity index (χ1v) is 8.94. The molecule has 26 heavy (non-hydrogen) atoms. The Morgan fingerprint density at radius 1 is 1.23 bits per heavy atom. The van der Waals surface area contributed by atoms with Gasteiger partial charge in [0.1, 0.15) is 12.4 Å². The van der Waals surface area contributed by atoms with E-state index in [1.54, 1.807) is 19.2 Å².